The highest BCUT2D eigenvalue weighted by atomic mass is 79.9. The van der Waals surface area contributed by atoms with Gasteiger partial charge in [0.25, 0.3) is 10.0 Å². The highest BCUT2D eigenvalue weighted by molar-refractivity contribution is 9.11. The Morgan fingerprint density at radius 2 is 2.11 bits per heavy atom. The molecule has 2 aromatic rings. The standard InChI is InChI=1S/C16H17BrN2O5S3/c1-24-16(21)14-11(6-8-25-14)18-15(20)10-3-2-7-19(9-10)27(22,23)13-5-4-12(17)26-13/h4-6,8,10H,2-3,7,9H2,1H3,(H,18,20). The van der Waals surface area contributed by atoms with Gasteiger partial charge in [-0.25, -0.2) is 13.2 Å². The largest absolute Gasteiger partial charge is 0.465 e. The summed E-state index contributed by atoms with van der Waals surface area (Å²) in [5, 5.41) is 4.42. The monoisotopic (exact) mass is 492 g/mol. The van der Waals surface area contributed by atoms with Gasteiger partial charge < -0.3 is 10.1 Å². The minimum atomic E-state index is -3.63. The first-order valence-electron chi connectivity index (χ1n) is 8.05. The molecule has 2 aromatic heterocycles. The van der Waals surface area contributed by atoms with E-state index in [0.29, 0.717) is 30.0 Å². The van der Waals surface area contributed by atoms with Crippen molar-refractivity contribution in [2.45, 2.75) is 17.1 Å². The van der Waals surface area contributed by atoms with Crippen molar-refractivity contribution in [2.75, 3.05) is 25.5 Å². The van der Waals surface area contributed by atoms with Crippen molar-refractivity contribution >= 4 is 66.2 Å². The third-order valence-corrected chi connectivity index (χ3v) is 9.04. The van der Waals surface area contributed by atoms with Gasteiger partial charge in [-0.3, -0.25) is 4.79 Å². The number of anilines is 1. The van der Waals surface area contributed by atoms with E-state index >= 15 is 0 Å². The number of thiophene rings is 2. The Kier molecular flexibility index (Phi) is 6.36. The molecule has 3 heterocycles. The summed E-state index contributed by atoms with van der Waals surface area (Å²) < 4.78 is 32.6. The number of halogens is 1. The Balaban J connectivity index is 1.72. The average Bonchev–Trinajstić information content (AvgIpc) is 3.30. The van der Waals surface area contributed by atoms with Gasteiger partial charge in [0.1, 0.15) is 9.09 Å². The lowest BCUT2D eigenvalue weighted by Crippen LogP contribution is -2.43. The number of carbonyl (C=O) groups excluding carboxylic acids is 2. The van der Waals surface area contributed by atoms with Crippen molar-refractivity contribution in [1.29, 1.82) is 0 Å². The average molecular weight is 493 g/mol. The van der Waals surface area contributed by atoms with Gasteiger partial charge in [-0.2, -0.15) is 4.31 Å². The van der Waals surface area contributed by atoms with Crippen LogP contribution in [0.15, 0.2) is 31.6 Å². The molecule has 27 heavy (non-hydrogen) atoms. The molecule has 1 fully saturated rings. The second-order valence-corrected chi connectivity index (χ2v) is 11.4. The smallest absolute Gasteiger partial charge is 0.350 e. The third-order valence-electron chi connectivity index (χ3n) is 4.19. The molecule has 3 rings (SSSR count). The number of methoxy groups -OCH3 is 1. The molecule has 0 radical (unpaired) electrons. The SMILES string of the molecule is COC(=O)c1sccc1NC(=O)C1CCCN(S(=O)(=O)c2ccc(Br)s2)C1. The van der Waals surface area contributed by atoms with E-state index in [9.17, 15) is 18.0 Å². The number of hydrogen-bond donors (Lipinski definition) is 1. The number of esters is 1. The number of carbonyl (C=O) groups is 2. The lowest BCUT2D eigenvalue weighted by molar-refractivity contribution is -0.120. The summed E-state index contributed by atoms with van der Waals surface area (Å²) in [5.41, 5.74) is 0.388. The molecular formula is C16H17BrN2O5S3. The molecule has 0 bridgehead atoms. The Hall–Kier alpha value is -1.27. The van der Waals surface area contributed by atoms with E-state index in [2.05, 4.69) is 21.2 Å². The van der Waals surface area contributed by atoms with E-state index in [1.165, 1.54) is 22.8 Å². The summed E-state index contributed by atoms with van der Waals surface area (Å²) in [6.45, 7) is 0.495. The molecular weight excluding hydrogens is 476 g/mol. The number of nitrogens with one attached hydrogen (secondary N) is 1. The highest BCUT2D eigenvalue weighted by Gasteiger charge is 2.34. The van der Waals surface area contributed by atoms with E-state index in [1.807, 2.05) is 0 Å². The Labute approximate surface area is 173 Å². The zero-order valence-corrected chi connectivity index (χ0v) is 18.3. The fourth-order valence-corrected chi connectivity index (χ4v) is 7.29. The minimum absolute atomic E-state index is 0.112. The van der Waals surface area contributed by atoms with E-state index in [1.54, 1.807) is 23.6 Å². The number of hydrogen-bond acceptors (Lipinski definition) is 7. The molecule has 7 nitrogen and oxygen atoms in total. The maximum atomic E-state index is 12.8. The molecule has 1 unspecified atom stereocenters. The van der Waals surface area contributed by atoms with Gasteiger partial charge in [0.15, 0.2) is 0 Å². The van der Waals surface area contributed by atoms with Crippen LogP contribution in [0.4, 0.5) is 5.69 Å². The maximum Gasteiger partial charge on any atom is 0.350 e. The fourth-order valence-electron chi connectivity index (χ4n) is 2.83. The zero-order valence-electron chi connectivity index (χ0n) is 14.3. The van der Waals surface area contributed by atoms with Crippen LogP contribution < -0.4 is 5.32 Å². The summed E-state index contributed by atoms with van der Waals surface area (Å²) in [6.07, 6.45) is 1.18. The molecule has 0 spiro atoms. The van der Waals surface area contributed by atoms with Crippen LogP contribution in [0.5, 0.6) is 0 Å². The summed E-state index contributed by atoms with van der Waals surface area (Å²) in [4.78, 5) is 24.7. The molecule has 1 aliphatic heterocycles. The fraction of sp³-hybridized carbons (Fsp3) is 0.375. The molecule has 0 saturated carbocycles. The predicted molar refractivity (Wildman–Crippen MR) is 108 cm³/mol. The summed E-state index contributed by atoms with van der Waals surface area (Å²) in [5.74, 6) is -1.30. The van der Waals surface area contributed by atoms with E-state index in [4.69, 9.17) is 4.74 Å². The van der Waals surface area contributed by atoms with E-state index in [0.717, 1.165) is 15.1 Å². The highest BCUT2D eigenvalue weighted by Crippen LogP contribution is 2.31. The first-order valence-corrected chi connectivity index (χ1v) is 12.0. The van der Waals surface area contributed by atoms with Crippen LogP contribution in [0, 0.1) is 5.92 Å². The Morgan fingerprint density at radius 3 is 2.78 bits per heavy atom. The van der Waals surface area contributed by atoms with Crippen molar-refractivity contribution < 1.29 is 22.7 Å². The number of nitrogens with zero attached hydrogens (tertiary/aromatic N) is 1. The number of piperidine rings is 1. The lowest BCUT2D eigenvalue weighted by atomic mass is 9.99. The molecule has 1 saturated heterocycles. The van der Waals surface area contributed by atoms with E-state index < -0.39 is 21.9 Å². The quantitative estimate of drug-likeness (QED) is 0.645. The minimum Gasteiger partial charge on any atom is -0.465 e. The third kappa shape index (κ3) is 4.43. The maximum absolute atomic E-state index is 12.8. The van der Waals surface area contributed by atoms with Gasteiger partial charge in [-0.1, -0.05) is 0 Å². The lowest BCUT2D eigenvalue weighted by Gasteiger charge is -2.30. The summed E-state index contributed by atoms with van der Waals surface area (Å²) >= 11 is 5.60. The number of sulfonamides is 1. The topological polar surface area (TPSA) is 92.8 Å². The van der Waals surface area contributed by atoms with E-state index in [-0.39, 0.29) is 16.7 Å². The molecule has 1 atom stereocenters. The first kappa shape index (κ1) is 20.5. The van der Waals surface area contributed by atoms with Gasteiger partial charge in [0.05, 0.1) is 22.5 Å². The Bertz CT molecular complexity index is 953. The van der Waals surface area contributed by atoms with Crippen LogP contribution >= 0.6 is 38.6 Å². The number of ether oxygens (including phenoxy) is 1. The molecule has 1 amide bonds. The zero-order chi connectivity index (χ0) is 19.6. The molecule has 11 heteroatoms. The molecule has 0 aromatic carbocycles. The second-order valence-electron chi connectivity index (χ2n) is 5.90. The van der Waals surface area contributed by atoms with Crippen molar-refractivity contribution in [3.8, 4) is 0 Å². The first-order chi connectivity index (χ1) is 12.8. The van der Waals surface area contributed by atoms with Crippen LogP contribution in [0.1, 0.15) is 22.5 Å². The van der Waals surface area contributed by atoms with Gasteiger partial charge in [0, 0.05) is 13.1 Å². The van der Waals surface area contributed by atoms with Crippen LogP contribution in [0.25, 0.3) is 0 Å². The summed E-state index contributed by atoms with van der Waals surface area (Å²) in [7, 11) is -2.35. The van der Waals surface area contributed by atoms with Crippen molar-refractivity contribution in [3.63, 3.8) is 0 Å². The molecule has 1 N–H and O–H groups in total. The van der Waals surface area contributed by atoms with Gasteiger partial charge >= 0.3 is 5.97 Å². The second kappa shape index (κ2) is 8.39. The van der Waals surface area contributed by atoms with Gasteiger partial charge in [-0.05, 0) is 52.4 Å². The molecule has 146 valence electrons. The van der Waals surface area contributed by atoms with Gasteiger partial charge in [0.2, 0.25) is 5.91 Å². The van der Waals surface area contributed by atoms with Crippen LogP contribution in [-0.2, 0) is 19.6 Å². The van der Waals surface area contributed by atoms with Crippen molar-refractivity contribution in [3.05, 3.63) is 32.2 Å². The number of rotatable bonds is 5. The number of amides is 1. The van der Waals surface area contributed by atoms with Crippen LogP contribution in [-0.4, -0.2) is 44.8 Å². The Morgan fingerprint density at radius 1 is 1.33 bits per heavy atom. The van der Waals surface area contributed by atoms with Crippen molar-refractivity contribution in [1.82, 2.24) is 4.31 Å². The molecule has 1 aliphatic rings. The molecule has 0 aliphatic carbocycles. The van der Waals surface area contributed by atoms with Crippen LogP contribution in [0.3, 0.4) is 0 Å². The normalized spacial score (nSPS) is 18.2. The predicted octanol–water partition coefficient (Wildman–Crippen LogP) is 3.40. The van der Waals surface area contributed by atoms with Gasteiger partial charge in [-0.15, -0.1) is 22.7 Å². The summed E-state index contributed by atoms with van der Waals surface area (Å²) in [6, 6.07) is 4.88. The van der Waals surface area contributed by atoms with Crippen molar-refractivity contribution in [2.24, 2.45) is 5.92 Å². The van der Waals surface area contributed by atoms with Crippen LogP contribution in [0.2, 0.25) is 0 Å².